The normalized spacial score (nSPS) is 21.3. The Morgan fingerprint density at radius 3 is 2.54 bits per heavy atom. The predicted octanol–water partition coefficient (Wildman–Crippen LogP) is 4.08. The maximum Gasteiger partial charge on any atom is 0.411 e. The zero-order valence-electron chi connectivity index (χ0n) is 15.0. The second-order valence-electron chi connectivity index (χ2n) is 7.10. The molecule has 2 atom stereocenters. The minimum atomic E-state index is -0.616. The molecule has 1 aromatic carbocycles. The molecule has 24 heavy (non-hydrogen) atoms. The highest BCUT2D eigenvalue weighted by molar-refractivity contribution is 5.83. The molecule has 132 valence electrons. The number of cyclic esters (lactones) is 1. The summed E-state index contributed by atoms with van der Waals surface area (Å²) in [4.78, 5) is 26.7. The van der Waals surface area contributed by atoms with Crippen LogP contribution in [-0.2, 0) is 14.3 Å². The summed E-state index contributed by atoms with van der Waals surface area (Å²) in [5.41, 5.74) is 0.326. The van der Waals surface area contributed by atoms with Gasteiger partial charge in [-0.25, -0.2) is 9.59 Å². The van der Waals surface area contributed by atoms with Gasteiger partial charge < -0.3 is 9.47 Å². The van der Waals surface area contributed by atoms with Crippen LogP contribution in [-0.4, -0.2) is 35.2 Å². The van der Waals surface area contributed by atoms with Crippen molar-refractivity contribution >= 4 is 12.1 Å². The lowest BCUT2D eigenvalue weighted by Crippen LogP contribution is -2.54. The first-order valence-electron chi connectivity index (χ1n) is 8.56. The molecule has 0 aliphatic carbocycles. The molecule has 0 spiro atoms. The number of nitrogens with zero attached hydrogens (tertiary/aromatic N) is 1. The fourth-order valence-corrected chi connectivity index (χ4v) is 2.82. The van der Waals surface area contributed by atoms with Gasteiger partial charge in [-0.15, -0.1) is 0 Å². The van der Waals surface area contributed by atoms with Gasteiger partial charge in [0.2, 0.25) is 0 Å². The minimum Gasteiger partial charge on any atom is -0.462 e. The summed E-state index contributed by atoms with van der Waals surface area (Å²) in [5.74, 6) is -0.346. The van der Waals surface area contributed by atoms with Gasteiger partial charge in [0.25, 0.3) is 0 Å². The van der Waals surface area contributed by atoms with Crippen molar-refractivity contribution < 1.29 is 19.1 Å². The highest BCUT2D eigenvalue weighted by Gasteiger charge is 2.43. The molecule has 0 bridgehead atoms. The second-order valence-corrected chi connectivity index (χ2v) is 7.10. The molecule has 0 aromatic heterocycles. The summed E-state index contributed by atoms with van der Waals surface area (Å²) in [6.45, 7) is 7.69. The van der Waals surface area contributed by atoms with E-state index in [9.17, 15) is 9.59 Å². The topological polar surface area (TPSA) is 55.8 Å². The first-order chi connectivity index (χ1) is 11.3. The van der Waals surface area contributed by atoms with Gasteiger partial charge in [-0.3, -0.25) is 4.90 Å². The van der Waals surface area contributed by atoms with Crippen molar-refractivity contribution in [3.8, 4) is 0 Å². The number of rotatable bonds is 4. The quantitative estimate of drug-likeness (QED) is 0.779. The Morgan fingerprint density at radius 1 is 1.29 bits per heavy atom. The molecular weight excluding hydrogens is 306 g/mol. The van der Waals surface area contributed by atoms with Gasteiger partial charge in [0.05, 0.1) is 6.04 Å². The number of hydrogen-bond donors (Lipinski definition) is 0. The zero-order chi connectivity index (χ0) is 17.7. The van der Waals surface area contributed by atoms with E-state index in [0.29, 0.717) is 6.42 Å². The third-order valence-corrected chi connectivity index (χ3v) is 3.95. The summed E-state index contributed by atoms with van der Waals surface area (Å²) in [6.07, 6.45) is 1.91. The van der Waals surface area contributed by atoms with E-state index >= 15 is 0 Å². The maximum absolute atomic E-state index is 12.8. The molecule has 1 saturated heterocycles. The zero-order valence-corrected chi connectivity index (χ0v) is 15.0. The number of morpholine rings is 1. The molecule has 1 aromatic rings. The number of benzene rings is 1. The predicted molar refractivity (Wildman–Crippen MR) is 91.5 cm³/mol. The standard InChI is InChI=1S/C19H27NO4/c1-5-6-12-15-17(21)23-13-16(14-10-8-7-9-11-14)20(15)18(22)24-19(2,3)4/h7-11,15-16H,5-6,12-13H2,1-4H3/t15?,16-/m1/s1. The molecule has 1 aliphatic rings. The highest BCUT2D eigenvalue weighted by atomic mass is 16.6. The number of amides is 1. The Morgan fingerprint density at radius 2 is 1.96 bits per heavy atom. The van der Waals surface area contributed by atoms with Crippen molar-refractivity contribution in [1.82, 2.24) is 4.90 Å². The van der Waals surface area contributed by atoms with E-state index in [0.717, 1.165) is 18.4 Å². The second kappa shape index (κ2) is 7.69. The Bertz CT molecular complexity index is 564. The molecule has 5 heteroatoms. The fraction of sp³-hybridized carbons (Fsp3) is 0.579. The summed E-state index contributed by atoms with van der Waals surface area (Å²) < 4.78 is 10.9. The Labute approximate surface area is 143 Å². The maximum atomic E-state index is 12.8. The van der Waals surface area contributed by atoms with Crippen LogP contribution >= 0.6 is 0 Å². The molecule has 0 saturated carbocycles. The van der Waals surface area contributed by atoms with Gasteiger partial charge >= 0.3 is 12.1 Å². The average molecular weight is 333 g/mol. The molecule has 1 amide bonds. The average Bonchev–Trinajstić information content (AvgIpc) is 2.52. The van der Waals surface area contributed by atoms with E-state index in [1.54, 1.807) is 4.90 Å². The first kappa shape index (κ1) is 18.3. The van der Waals surface area contributed by atoms with E-state index in [4.69, 9.17) is 9.47 Å². The van der Waals surface area contributed by atoms with Crippen LogP contribution in [0.1, 0.15) is 58.6 Å². The summed E-state index contributed by atoms with van der Waals surface area (Å²) in [6, 6.07) is 8.72. The van der Waals surface area contributed by atoms with Crippen molar-refractivity contribution in [2.24, 2.45) is 0 Å². The number of carbonyl (C=O) groups is 2. The lowest BCUT2D eigenvalue weighted by Gasteiger charge is -2.41. The van der Waals surface area contributed by atoms with Crippen molar-refractivity contribution in [3.63, 3.8) is 0 Å². The monoisotopic (exact) mass is 333 g/mol. The van der Waals surface area contributed by atoms with Crippen LogP contribution in [0.2, 0.25) is 0 Å². The third kappa shape index (κ3) is 4.49. The molecular formula is C19H27NO4. The first-order valence-corrected chi connectivity index (χ1v) is 8.56. The smallest absolute Gasteiger partial charge is 0.411 e. The summed E-state index contributed by atoms with van der Waals surface area (Å²) in [5, 5.41) is 0. The Hall–Kier alpha value is -2.04. The van der Waals surface area contributed by atoms with Crippen molar-refractivity contribution in [3.05, 3.63) is 35.9 Å². The van der Waals surface area contributed by atoms with Crippen LogP contribution in [0.25, 0.3) is 0 Å². The van der Waals surface area contributed by atoms with Crippen molar-refractivity contribution in [1.29, 1.82) is 0 Å². The molecule has 0 radical (unpaired) electrons. The van der Waals surface area contributed by atoms with E-state index in [2.05, 4.69) is 6.92 Å². The summed E-state index contributed by atoms with van der Waals surface area (Å²) in [7, 11) is 0. The van der Waals surface area contributed by atoms with Crippen LogP contribution in [0.3, 0.4) is 0 Å². The minimum absolute atomic E-state index is 0.157. The Kier molecular flexibility index (Phi) is 5.86. The lowest BCUT2D eigenvalue weighted by atomic mass is 9.99. The Balaban J connectivity index is 2.33. The lowest BCUT2D eigenvalue weighted by molar-refractivity contribution is -0.162. The molecule has 5 nitrogen and oxygen atoms in total. The molecule has 1 heterocycles. The third-order valence-electron chi connectivity index (χ3n) is 3.95. The van der Waals surface area contributed by atoms with Crippen LogP contribution in [0.5, 0.6) is 0 Å². The highest BCUT2D eigenvalue weighted by Crippen LogP contribution is 2.31. The number of esters is 1. The van der Waals surface area contributed by atoms with E-state index in [1.165, 1.54) is 0 Å². The van der Waals surface area contributed by atoms with Gasteiger partial charge in [0, 0.05) is 0 Å². The van der Waals surface area contributed by atoms with E-state index in [-0.39, 0.29) is 18.6 Å². The number of ether oxygens (including phenoxy) is 2. The van der Waals surface area contributed by atoms with Crippen LogP contribution in [0, 0.1) is 0 Å². The number of hydrogen-bond acceptors (Lipinski definition) is 4. The van der Waals surface area contributed by atoms with Crippen molar-refractivity contribution in [2.45, 2.75) is 64.6 Å². The van der Waals surface area contributed by atoms with Gasteiger partial charge in [0.15, 0.2) is 0 Å². The summed E-state index contributed by atoms with van der Waals surface area (Å²) >= 11 is 0. The molecule has 1 aliphatic heterocycles. The van der Waals surface area contributed by atoms with Crippen LogP contribution < -0.4 is 0 Å². The van der Waals surface area contributed by atoms with E-state index in [1.807, 2.05) is 51.1 Å². The SMILES string of the molecule is CCCCC1C(=O)OC[C@H](c2ccccc2)N1C(=O)OC(C)(C)C. The molecule has 1 fully saturated rings. The van der Waals surface area contributed by atoms with Gasteiger partial charge in [-0.05, 0) is 32.8 Å². The van der Waals surface area contributed by atoms with Crippen molar-refractivity contribution in [2.75, 3.05) is 6.61 Å². The van der Waals surface area contributed by atoms with E-state index < -0.39 is 17.7 Å². The fourth-order valence-electron chi connectivity index (χ4n) is 2.82. The molecule has 1 unspecified atom stereocenters. The molecule has 0 N–H and O–H groups in total. The number of unbranched alkanes of at least 4 members (excludes halogenated alkanes) is 1. The van der Waals surface area contributed by atoms with Crippen LogP contribution in [0.15, 0.2) is 30.3 Å². The van der Waals surface area contributed by atoms with Crippen LogP contribution in [0.4, 0.5) is 4.79 Å². The largest absolute Gasteiger partial charge is 0.462 e. The van der Waals surface area contributed by atoms with Gasteiger partial charge in [0.1, 0.15) is 18.2 Å². The number of carbonyl (C=O) groups excluding carboxylic acids is 2. The van der Waals surface area contributed by atoms with Gasteiger partial charge in [-0.1, -0.05) is 50.1 Å². The molecule has 2 rings (SSSR count). The van der Waals surface area contributed by atoms with Gasteiger partial charge in [-0.2, -0.15) is 0 Å².